The lowest BCUT2D eigenvalue weighted by molar-refractivity contribution is 0.139. The highest BCUT2D eigenvalue weighted by Crippen LogP contribution is 2.47. The molecule has 1 aliphatic heterocycles. The van der Waals surface area contributed by atoms with Gasteiger partial charge < -0.3 is 4.74 Å². The van der Waals surface area contributed by atoms with E-state index in [-0.39, 0.29) is 5.60 Å². The average molecular weight is 246 g/mol. The Morgan fingerprint density at radius 2 is 1.78 bits per heavy atom. The minimum atomic E-state index is 0.159. The van der Waals surface area contributed by atoms with Gasteiger partial charge in [0.2, 0.25) is 0 Å². The molecule has 0 aromatic heterocycles. The highest BCUT2D eigenvalue weighted by molar-refractivity contribution is 5.14. The summed E-state index contributed by atoms with van der Waals surface area (Å²) in [6.07, 6.45) is 6.44. The van der Waals surface area contributed by atoms with Gasteiger partial charge in [0.25, 0.3) is 0 Å². The second kappa shape index (κ2) is 5.44. The molecule has 0 bridgehead atoms. The highest BCUT2D eigenvalue weighted by Gasteiger charge is 2.51. The molecule has 0 aliphatic carbocycles. The maximum atomic E-state index is 5.59. The van der Waals surface area contributed by atoms with Crippen LogP contribution in [0.2, 0.25) is 0 Å². The molecule has 1 aromatic carbocycles. The molecule has 1 aliphatic rings. The monoisotopic (exact) mass is 246 g/mol. The predicted octanol–water partition coefficient (Wildman–Crippen LogP) is 4.60. The maximum Gasteiger partial charge on any atom is 0.0939 e. The van der Waals surface area contributed by atoms with Crippen molar-refractivity contribution in [2.45, 2.75) is 58.5 Å². The second-order valence-corrected chi connectivity index (χ2v) is 6.45. The van der Waals surface area contributed by atoms with Crippen molar-refractivity contribution >= 4 is 0 Å². The molecule has 0 unspecified atom stereocenters. The van der Waals surface area contributed by atoms with Gasteiger partial charge in [0.05, 0.1) is 12.2 Å². The lowest BCUT2D eigenvalue weighted by Crippen LogP contribution is -2.29. The van der Waals surface area contributed by atoms with Crippen molar-refractivity contribution < 1.29 is 4.74 Å². The third-order valence-electron chi connectivity index (χ3n) is 4.62. The molecule has 1 heterocycles. The number of rotatable bonds is 7. The minimum absolute atomic E-state index is 0.159. The van der Waals surface area contributed by atoms with Crippen LogP contribution in [-0.2, 0) is 11.2 Å². The lowest BCUT2D eigenvalue weighted by Gasteiger charge is -2.29. The number of epoxide rings is 1. The first-order valence-electron chi connectivity index (χ1n) is 7.21. The highest BCUT2D eigenvalue weighted by atomic mass is 16.6. The van der Waals surface area contributed by atoms with E-state index < -0.39 is 0 Å². The van der Waals surface area contributed by atoms with E-state index in [1.54, 1.807) is 0 Å². The van der Waals surface area contributed by atoms with E-state index in [4.69, 9.17) is 4.74 Å². The van der Waals surface area contributed by atoms with Crippen molar-refractivity contribution in [1.29, 1.82) is 0 Å². The molecule has 100 valence electrons. The minimum Gasteiger partial charge on any atom is -0.369 e. The Bertz CT molecular complexity index is 362. The number of ether oxygens (including phenoxy) is 1. The Hall–Kier alpha value is -0.820. The van der Waals surface area contributed by atoms with Crippen LogP contribution in [0.15, 0.2) is 30.3 Å². The summed E-state index contributed by atoms with van der Waals surface area (Å²) in [6, 6.07) is 10.8. The third-order valence-corrected chi connectivity index (χ3v) is 4.62. The Labute approximate surface area is 112 Å². The first-order chi connectivity index (χ1) is 8.54. The fourth-order valence-corrected chi connectivity index (χ4v) is 2.48. The fraction of sp³-hybridized carbons (Fsp3) is 0.647. The molecule has 1 heteroatoms. The fourth-order valence-electron chi connectivity index (χ4n) is 2.48. The molecule has 0 amide bonds. The van der Waals surface area contributed by atoms with E-state index in [1.165, 1.54) is 37.7 Å². The quantitative estimate of drug-likeness (QED) is 0.506. The summed E-state index contributed by atoms with van der Waals surface area (Å²) in [4.78, 5) is 0. The van der Waals surface area contributed by atoms with E-state index in [9.17, 15) is 0 Å². The van der Waals surface area contributed by atoms with Crippen LogP contribution in [0, 0.1) is 5.41 Å². The first kappa shape index (κ1) is 13.6. The summed E-state index contributed by atoms with van der Waals surface area (Å²) in [5, 5.41) is 0. The van der Waals surface area contributed by atoms with Gasteiger partial charge in [0, 0.05) is 0 Å². The summed E-state index contributed by atoms with van der Waals surface area (Å²) in [5.74, 6) is 0. The van der Waals surface area contributed by atoms with Crippen LogP contribution in [0.5, 0.6) is 0 Å². The molecule has 1 saturated heterocycles. The zero-order valence-electron chi connectivity index (χ0n) is 12.0. The van der Waals surface area contributed by atoms with Crippen LogP contribution >= 0.6 is 0 Å². The third kappa shape index (κ3) is 3.35. The summed E-state index contributed by atoms with van der Waals surface area (Å²) in [6.45, 7) is 7.88. The van der Waals surface area contributed by atoms with Crippen molar-refractivity contribution in [2.75, 3.05) is 6.61 Å². The molecule has 0 saturated carbocycles. The van der Waals surface area contributed by atoms with Crippen LogP contribution in [-0.4, -0.2) is 12.2 Å². The number of hydrogen-bond acceptors (Lipinski definition) is 1. The summed E-state index contributed by atoms with van der Waals surface area (Å²) < 4.78 is 5.59. The molecule has 2 rings (SSSR count). The van der Waals surface area contributed by atoms with Gasteiger partial charge in [0.15, 0.2) is 0 Å². The van der Waals surface area contributed by atoms with E-state index >= 15 is 0 Å². The van der Waals surface area contributed by atoms with Gasteiger partial charge in [0.1, 0.15) is 0 Å². The van der Waals surface area contributed by atoms with Crippen molar-refractivity contribution in [2.24, 2.45) is 5.41 Å². The van der Waals surface area contributed by atoms with E-state index in [0.717, 1.165) is 6.61 Å². The Morgan fingerprint density at radius 3 is 2.39 bits per heavy atom. The number of aryl methyl sites for hydroxylation is 1. The smallest absolute Gasteiger partial charge is 0.0939 e. The molecular weight excluding hydrogens is 220 g/mol. The van der Waals surface area contributed by atoms with Gasteiger partial charge in [-0.3, -0.25) is 0 Å². The molecule has 1 nitrogen and oxygen atoms in total. The van der Waals surface area contributed by atoms with Gasteiger partial charge in [-0.25, -0.2) is 0 Å². The molecule has 0 spiro atoms. The van der Waals surface area contributed by atoms with E-state index in [0.29, 0.717) is 5.41 Å². The zero-order chi connectivity index (χ0) is 13.1. The molecule has 0 radical (unpaired) electrons. The normalized spacial score (nSPS) is 23.1. The van der Waals surface area contributed by atoms with Gasteiger partial charge in [-0.2, -0.15) is 0 Å². The van der Waals surface area contributed by atoms with Crippen molar-refractivity contribution in [3.63, 3.8) is 0 Å². The van der Waals surface area contributed by atoms with Gasteiger partial charge in [-0.1, -0.05) is 57.0 Å². The molecule has 18 heavy (non-hydrogen) atoms. The Morgan fingerprint density at radius 1 is 1.11 bits per heavy atom. The Kier molecular flexibility index (Phi) is 4.11. The van der Waals surface area contributed by atoms with E-state index in [2.05, 4.69) is 51.1 Å². The zero-order valence-corrected chi connectivity index (χ0v) is 12.0. The van der Waals surface area contributed by atoms with Gasteiger partial charge in [-0.15, -0.1) is 0 Å². The standard InChI is InChI=1S/C17H26O/c1-16(2,17(3)14-18-17)13-9-5-8-12-15-10-6-4-7-11-15/h4,6-7,10-11H,5,8-9,12-14H2,1-3H3/t17-/m0/s1. The van der Waals surface area contributed by atoms with Crippen molar-refractivity contribution in [3.05, 3.63) is 35.9 Å². The van der Waals surface area contributed by atoms with Crippen molar-refractivity contribution in [3.8, 4) is 0 Å². The topological polar surface area (TPSA) is 12.5 Å². The average Bonchev–Trinajstić information content (AvgIpc) is 3.10. The lowest BCUT2D eigenvalue weighted by atomic mass is 9.76. The Balaban J connectivity index is 1.62. The van der Waals surface area contributed by atoms with Gasteiger partial charge in [-0.05, 0) is 37.2 Å². The molecule has 1 fully saturated rings. The summed E-state index contributed by atoms with van der Waals surface area (Å²) in [7, 11) is 0. The van der Waals surface area contributed by atoms with Crippen LogP contribution in [0.3, 0.4) is 0 Å². The van der Waals surface area contributed by atoms with Crippen LogP contribution in [0.1, 0.15) is 52.0 Å². The largest absolute Gasteiger partial charge is 0.369 e. The van der Waals surface area contributed by atoms with Crippen LogP contribution in [0.25, 0.3) is 0 Å². The number of unbranched alkanes of at least 4 members (excludes halogenated alkanes) is 2. The molecule has 0 N–H and O–H groups in total. The maximum absolute atomic E-state index is 5.59. The molecule has 1 aromatic rings. The first-order valence-corrected chi connectivity index (χ1v) is 7.21. The predicted molar refractivity (Wildman–Crippen MR) is 76.8 cm³/mol. The second-order valence-electron chi connectivity index (χ2n) is 6.45. The molecule has 1 atom stereocenters. The molecular formula is C17H26O. The number of hydrogen-bond donors (Lipinski definition) is 0. The number of benzene rings is 1. The van der Waals surface area contributed by atoms with Crippen LogP contribution in [0.4, 0.5) is 0 Å². The summed E-state index contributed by atoms with van der Waals surface area (Å²) in [5.41, 5.74) is 1.96. The van der Waals surface area contributed by atoms with Gasteiger partial charge >= 0.3 is 0 Å². The van der Waals surface area contributed by atoms with Crippen LogP contribution < -0.4 is 0 Å². The van der Waals surface area contributed by atoms with E-state index in [1.807, 2.05) is 0 Å². The SMILES string of the molecule is CC(C)(CCCCCc1ccccc1)[C@]1(C)CO1. The summed E-state index contributed by atoms with van der Waals surface area (Å²) >= 11 is 0. The van der Waals surface area contributed by atoms with Crippen molar-refractivity contribution in [1.82, 2.24) is 0 Å².